The van der Waals surface area contributed by atoms with Gasteiger partial charge in [0.05, 0.1) is 0 Å². The molecule has 0 spiro atoms. The van der Waals surface area contributed by atoms with Crippen molar-refractivity contribution >= 4 is 15.9 Å². The van der Waals surface area contributed by atoms with Crippen molar-refractivity contribution in [1.29, 1.82) is 0 Å². The van der Waals surface area contributed by atoms with Gasteiger partial charge in [0.1, 0.15) is 0 Å². The Morgan fingerprint density at radius 1 is 1.25 bits per heavy atom. The van der Waals surface area contributed by atoms with Gasteiger partial charge in [-0.05, 0) is 48.8 Å². The minimum Gasteiger partial charge on any atom is -0.321 e. The van der Waals surface area contributed by atoms with Crippen molar-refractivity contribution in [2.45, 2.75) is 38.1 Å². The van der Waals surface area contributed by atoms with Crippen molar-refractivity contribution in [3.63, 3.8) is 0 Å². The van der Waals surface area contributed by atoms with Crippen LogP contribution in [0.3, 0.4) is 0 Å². The molecule has 2 unspecified atom stereocenters. The van der Waals surface area contributed by atoms with E-state index in [1.54, 1.807) is 0 Å². The Balaban J connectivity index is 1.98. The van der Waals surface area contributed by atoms with Crippen LogP contribution in [0, 0.1) is 18.8 Å². The summed E-state index contributed by atoms with van der Waals surface area (Å²) in [7, 11) is 0. The van der Waals surface area contributed by atoms with Crippen molar-refractivity contribution in [2.75, 3.05) is 0 Å². The number of benzene rings is 1. The van der Waals surface area contributed by atoms with E-state index in [0.717, 1.165) is 11.8 Å². The van der Waals surface area contributed by atoms with E-state index in [2.05, 4.69) is 41.1 Å². The molecule has 86 valence electrons. The number of rotatable bonds is 1. The van der Waals surface area contributed by atoms with Gasteiger partial charge in [-0.25, -0.2) is 0 Å². The van der Waals surface area contributed by atoms with E-state index in [1.807, 2.05) is 0 Å². The van der Waals surface area contributed by atoms with Crippen molar-refractivity contribution in [3.8, 4) is 0 Å². The molecule has 1 aromatic carbocycles. The molecule has 2 aliphatic carbocycles. The Morgan fingerprint density at radius 2 is 1.88 bits per heavy atom. The van der Waals surface area contributed by atoms with Gasteiger partial charge in [0.25, 0.3) is 0 Å². The lowest BCUT2D eigenvalue weighted by molar-refractivity contribution is 0.480. The van der Waals surface area contributed by atoms with Crippen LogP contribution < -0.4 is 5.73 Å². The van der Waals surface area contributed by atoms with Crippen LogP contribution in [-0.2, 0) is 5.54 Å². The van der Waals surface area contributed by atoms with E-state index < -0.39 is 0 Å². The summed E-state index contributed by atoms with van der Waals surface area (Å²) in [6.45, 7) is 2.12. The topological polar surface area (TPSA) is 26.0 Å². The van der Waals surface area contributed by atoms with Crippen LogP contribution >= 0.6 is 15.9 Å². The molecule has 2 N–H and O–H groups in total. The molecule has 2 heteroatoms. The van der Waals surface area contributed by atoms with E-state index >= 15 is 0 Å². The third kappa shape index (κ3) is 1.39. The normalized spacial score (nSPS) is 36.9. The van der Waals surface area contributed by atoms with Gasteiger partial charge in [0.15, 0.2) is 0 Å². The highest BCUT2D eigenvalue weighted by atomic mass is 79.9. The lowest BCUT2D eigenvalue weighted by Gasteiger charge is -2.15. The van der Waals surface area contributed by atoms with E-state index in [-0.39, 0.29) is 5.54 Å². The minimum absolute atomic E-state index is 0.0248. The predicted molar refractivity (Wildman–Crippen MR) is 70.2 cm³/mol. The molecule has 0 aliphatic heterocycles. The van der Waals surface area contributed by atoms with Crippen LogP contribution in [0.1, 0.15) is 36.8 Å². The standard InChI is InChI=1S/C14H18BrN/c1-9-6-7-12(13(15)8-9)14(16)10-4-2-3-5-11(10)14/h6-8,10-11H,2-5,16H2,1H3. The number of halogens is 1. The number of fused-ring (bicyclic) bond motifs is 1. The zero-order chi connectivity index (χ0) is 11.3. The summed E-state index contributed by atoms with van der Waals surface area (Å²) in [6.07, 6.45) is 5.37. The molecule has 0 saturated heterocycles. The molecule has 3 rings (SSSR count). The molecule has 1 aromatic rings. The Bertz CT molecular complexity index is 415. The zero-order valence-corrected chi connectivity index (χ0v) is 11.3. The molecule has 0 radical (unpaired) electrons. The van der Waals surface area contributed by atoms with E-state index in [0.29, 0.717) is 0 Å². The molecular formula is C14H18BrN. The zero-order valence-electron chi connectivity index (χ0n) is 9.67. The molecule has 0 heterocycles. The third-order valence-corrected chi connectivity index (χ3v) is 5.13. The third-order valence-electron chi connectivity index (χ3n) is 4.48. The number of hydrogen-bond acceptors (Lipinski definition) is 1. The van der Waals surface area contributed by atoms with Crippen LogP contribution in [0.25, 0.3) is 0 Å². The lowest BCUT2D eigenvalue weighted by atomic mass is 10.0. The first-order valence-electron chi connectivity index (χ1n) is 6.19. The molecule has 16 heavy (non-hydrogen) atoms. The van der Waals surface area contributed by atoms with Crippen LogP contribution in [0.5, 0.6) is 0 Å². The van der Waals surface area contributed by atoms with Crippen molar-refractivity contribution < 1.29 is 0 Å². The summed E-state index contributed by atoms with van der Waals surface area (Å²) in [5.41, 5.74) is 9.24. The second kappa shape index (κ2) is 3.58. The average Bonchev–Trinajstić information content (AvgIpc) is 2.86. The lowest BCUT2D eigenvalue weighted by Crippen LogP contribution is -2.24. The maximum Gasteiger partial charge on any atom is 0.0484 e. The summed E-state index contributed by atoms with van der Waals surface area (Å²) >= 11 is 3.68. The molecule has 2 atom stereocenters. The molecular weight excluding hydrogens is 262 g/mol. The van der Waals surface area contributed by atoms with E-state index in [1.165, 1.54) is 41.3 Å². The molecule has 1 nitrogen and oxygen atoms in total. The highest BCUT2D eigenvalue weighted by molar-refractivity contribution is 9.10. The molecule has 0 aromatic heterocycles. The molecule has 0 amide bonds. The van der Waals surface area contributed by atoms with Gasteiger partial charge >= 0.3 is 0 Å². The second-order valence-electron chi connectivity index (χ2n) is 5.41. The first-order valence-corrected chi connectivity index (χ1v) is 6.99. The Morgan fingerprint density at radius 3 is 2.44 bits per heavy atom. The SMILES string of the molecule is Cc1ccc(C2(N)C3CCCCC32)c(Br)c1. The summed E-state index contributed by atoms with van der Waals surface area (Å²) in [4.78, 5) is 0. The maximum absolute atomic E-state index is 6.64. The van der Waals surface area contributed by atoms with Gasteiger partial charge in [0, 0.05) is 10.0 Å². The highest BCUT2D eigenvalue weighted by Gasteiger charge is 2.63. The summed E-state index contributed by atoms with van der Waals surface area (Å²) in [5, 5.41) is 0. The van der Waals surface area contributed by atoms with Crippen molar-refractivity contribution in [1.82, 2.24) is 0 Å². The molecule has 2 saturated carbocycles. The monoisotopic (exact) mass is 279 g/mol. The van der Waals surface area contributed by atoms with Gasteiger partial charge in [-0.3, -0.25) is 0 Å². The average molecular weight is 280 g/mol. The fraction of sp³-hybridized carbons (Fsp3) is 0.571. The minimum atomic E-state index is -0.0248. The number of hydrogen-bond donors (Lipinski definition) is 1. The summed E-state index contributed by atoms with van der Waals surface area (Å²) in [6, 6.07) is 6.59. The van der Waals surface area contributed by atoms with Gasteiger partial charge in [-0.1, -0.05) is 40.9 Å². The number of nitrogens with two attached hydrogens (primary N) is 1. The van der Waals surface area contributed by atoms with Crippen LogP contribution in [-0.4, -0.2) is 0 Å². The van der Waals surface area contributed by atoms with Gasteiger partial charge < -0.3 is 5.73 Å². The van der Waals surface area contributed by atoms with Gasteiger partial charge in [-0.2, -0.15) is 0 Å². The summed E-state index contributed by atoms with van der Waals surface area (Å²) < 4.78 is 1.20. The smallest absolute Gasteiger partial charge is 0.0484 e. The summed E-state index contributed by atoms with van der Waals surface area (Å²) in [5.74, 6) is 1.47. The Kier molecular flexibility index (Phi) is 2.41. The van der Waals surface area contributed by atoms with E-state index in [4.69, 9.17) is 5.73 Å². The van der Waals surface area contributed by atoms with Crippen molar-refractivity contribution in [2.24, 2.45) is 17.6 Å². The Labute approximate surface area is 106 Å². The fourth-order valence-electron chi connectivity index (χ4n) is 3.54. The fourth-order valence-corrected chi connectivity index (χ4v) is 4.38. The largest absolute Gasteiger partial charge is 0.321 e. The molecule has 0 bridgehead atoms. The van der Waals surface area contributed by atoms with E-state index in [9.17, 15) is 0 Å². The van der Waals surface area contributed by atoms with Gasteiger partial charge in [0.2, 0.25) is 0 Å². The Hall–Kier alpha value is -0.340. The van der Waals surface area contributed by atoms with Gasteiger partial charge in [-0.15, -0.1) is 0 Å². The van der Waals surface area contributed by atoms with Crippen LogP contribution in [0.4, 0.5) is 0 Å². The first kappa shape index (κ1) is 10.8. The van der Waals surface area contributed by atoms with Crippen LogP contribution in [0.15, 0.2) is 22.7 Å². The molecule has 2 fully saturated rings. The molecule has 2 aliphatic rings. The second-order valence-corrected chi connectivity index (χ2v) is 6.27. The van der Waals surface area contributed by atoms with Crippen molar-refractivity contribution in [3.05, 3.63) is 33.8 Å². The maximum atomic E-state index is 6.64. The predicted octanol–water partition coefficient (Wildman–Crippen LogP) is 3.73. The first-order chi connectivity index (χ1) is 7.64. The quantitative estimate of drug-likeness (QED) is 0.833. The highest BCUT2D eigenvalue weighted by Crippen LogP contribution is 2.63. The number of aryl methyl sites for hydroxylation is 1. The van der Waals surface area contributed by atoms with Crippen LogP contribution in [0.2, 0.25) is 0 Å².